The maximum absolute atomic E-state index is 12.3. The van der Waals surface area contributed by atoms with Gasteiger partial charge < -0.3 is 15.5 Å². The predicted molar refractivity (Wildman–Crippen MR) is 83.6 cm³/mol. The molecule has 1 aromatic carbocycles. The summed E-state index contributed by atoms with van der Waals surface area (Å²) in [5.41, 5.74) is 0.897. The van der Waals surface area contributed by atoms with Crippen LogP contribution in [-0.4, -0.2) is 37.0 Å². The van der Waals surface area contributed by atoms with E-state index in [1.54, 1.807) is 4.90 Å². The van der Waals surface area contributed by atoms with E-state index in [2.05, 4.69) is 10.6 Å². The Kier molecular flexibility index (Phi) is 5.20. The van der Waals surface area contributed by atoms with Crippen molar-refractivity contribution in [1.82, 2.24) is 10.6 Å². The fourth-order valence-electron chi connectivity index (χ4n) is 2.86. The monoisotopic (exact) mass is 309 g/mol. The number of para-hydroxylation sites is 1. The normalized spacial score (nSPS) is 24.8. The first-order valence-corrected chi connectivity index (χ1v) is 7.16. The van der Waals surface area contributed by atoms with Crippen LogP contribution in [0.2, 0.25) is 0 Å². The van der Waals surface area contributed by atoms with Crippen molar-refractivity contribution in [1.29, 1.82) is 0 Å². The number of carbonyl (C=O) groups excluding carboxylic acids is 2. The van der Waals surface area contributed by atoms with E-state index in [9.17, 15) is 9.59 Å². The Balaban J connectivity index is 0.00000161. The third-order valence-corrected chi connectivity index (χ3v) is 3.97. The lowest BCUT2D eigenvalue weighted by Crippen LogP contribution is -2.48. The number of rotatable bonds is 3. The molecule has 0 spiro atoms. The molecule has 2 amide bonds. The first-order valence-electron chi connectivity index (χ1n) is 7.16. The summed E-state index contributed by atoms with van der Waals surface area (Å²) in [4.78, 5) is 26.1. The molecule has 2 unspecified atom stereocenters. The second kappa shape index (κ2) is 6.91. The number of hydrogen-bond donors (Lipinski definition) is 2. The molecule has 2 saturated heterocycles. The smallest absolute Gasteiger partial charge is 0.249 e. The van der Waals surface area contributed by atoms with Crippen LogP contribution in [0, 0.1) is 0 Å². The summed E-state index contributed by atoms with van der Waals surface area (Å²) < 4.78 is 0. The molecule has 2 aliphatic rings. The molecule has 2 heterocycles. The average Bonchev–Trinajstić information content (AvgIpc) is 3.11. The lowest BCUT2D eigenvalue weighted by Gasteiger charge is -2.18. The molecule has 2 aliphatic heterocycles. The highest BCUT2D eigenvalue weighted by Gasteiger charge is 2.35. The largest absolute Gasteiger partial charge is 0.343 e. The molecule has 0 radical (unpaired) electrons. The molecule has 2 fully saturated rings. The molecule has 0 bridgehead atoms. The Bertz CT molecular complexity index is 503. The summed E-state index contributed by atoms with van der Waals surface area (Å²) in [5, 5.41) is 6.03. The van der Waals surface area contributed by atoms with E-state index in [0.29, 0.717) is 13.0 Å². The van der Waals surface area contributed by atoms with Gasteiger partial charge in [0.15, 0.2) is 0 Å². The molecular weight excluding hydrogens is 290 g/mol. The van der Waals surface area contributed by atoms with Crippen molar-refractivity contribution in [2.24, 2.45) is 0 Å². The lowest BCUT2D eigenvalue weighted by atomic mass is 10.2. The minimum Gasteiger partial charge on any atom is -0.343 e. The summed E-state index contributed by atoms with van der Waals surface area (Å²) in [7, 11) is 0. The van der Waals surface area contributed by atoms with Crippen molar-refractivity contribution >= 4 is 29.9 Å². The fraction of sp³-hybridized carbons (Fsp3) is 0.467. The van der Waals surface area contributed by atoms with Gasteiger partial charge in [-0.15, -0.1) is 12.4 Å². The van der Waals surface area contributed by atoms with Crippen LogP contribution in [0.25, 0.3) is 0 Å². The summed E-state index contributed by atoms with van der Waals surface area (Å²) in [6.07, 6.45) is 2.55. The Labute approximate surface area is 130 Å². The third-order valence-electron chi connectivity index (χ3n) is 3.97. The van der Waals surface area contributed by atoms with Crippen molar-refractivity contribution in [3.63, 3.8) is 0 Å². The van der Waals surface area contributed by atoms with Crippen LogP contribution in [0.4, 0.5) is 5.69 Å². The minimum absolute atomic E-state index is 0. The van der Waals surface area contributed by atoms with Crippen LogP contribution >= 0.6 is 12.4 Å². The van der Waals surface area contributed by atoms with Gasteiger partial charge in [-0.2, -0.15) is 0 Å². The Morgan fingerprint density at radius 3 is 2.67 bits per heavy atom. The van der Waals surface area contributed by atoms with Gasteiger partial charge >= 0.3 is 0 Å². The Hall–Kier alpha value is -1.59. The number of halogens is 1. The van der Waals surface area contributed by atoms with Crippen molar-refractivity contribution in [2.75, 3.05) is 18.0 Å². The maximum atomic E-state index is 12.3. The number of anilines is 1. The van der Waals surface area contributed by atoms with Gasteiger partial charge in [0.2, 0.25) is 11.8 Å². The number of nitrogens with zero attached hydrogens (tertiary/aromatic N) is 1. The maximum Gasteiger partial charge on any atom is 0.249 e. The van der Waals surface area contributed by atoms with E-state index in [1.807, 2.05) is 30.3 Å². The van der Waals surface area contributed by atoms with E-state index in [-0.39, 0.29) is 36.3 Å². The third kappa shape index (κ3) is 3.36. The van der Waals surface area contributed by atoms with Crippen LogP contribution in [0.3, 0.4) is 0 Å². The highest BCUT2D eigenvalue weighted by Crippen LogP contribution is 2.21. The zero-order valence-corrected chi connectivity index (χ0v) is 12.6. The molecule has 114 valence electrons. The van der Waals surface area contributed by atoms with E-state index < -0.39 is 0 Å². The Morgan fingerprint density at radius 1 is 1.24 bits per heavy atom. The number of amides is 2. The van der Waals surface area contributed by atoms with E-state index >= 15 is 0 Å². The van der Waals surface area contributed by atoms with Gasteiger partial charge in [-0.25, -0.2) is 0 Å². The molecule has 0 aliphatic carbocycles. The topological polar surface area (TPSA) is 61.4 Å². The standard InChI is InChI=1S/C15H19N3O2.ClH/c19-14(12-7-4-9-16-12)17-13-8-10-18(15(13)20)11-5-2-1-3-6-11;/h1-3,5-6,12-13,16H,4,7-10H2,(H,17,19);1H. The lowest BCUT2D eigenvalue weighted by molar-refractivity contribution is -0.127. The Morgan fingerprint density at radius 2 is 2.00 bits per heavy atom. The number of hydrogen-bond acceptors (Lipinski definition) is 3. The molecule has 1 aromatic rings. The van der Waals surface area contributed by atoms with Crippen molar-refractivity contribution < 1.29 is 9.59 Å². The molecule has 6 heteroatoms. The highest BCUT2D eigenvalue weighted by molar-refractivity contribution is 6.01. The fourth-order valence-corrected chi connectivity index (χ4v) is 2.86. The zero-order valence-electron chi connectivity index (χ0n) is 11.7. The average molecular weight is 310 g/mol. The zero-order chi connectivity index (χ0) is 13.9. The second-order valence-corrected chi connectivity index (χ2v) is 5.32. The van der Waals surface area contributed by atoms with E-state index in [0.717, 1.165) is 25.1 Å². The number of carbonyl (C=O) groups is 2. The summed E-state index contributed by atoms with van der Waals surface area (Å²) in [5.74, 6) is -0.0571. The predicted octanol–water partition coefficient (Wildman–Crippen LogP) is 1.08. The van der Waals surface area contributed by atoms with Gasteiger partial charge in [0.1, 0.15) is 6.04 Å². The van der Waals surface area contributed by atoms with Gasteiger partial charge in [-0.3, -0.25) is 9.59 Å². The summed E-state index contributed by atoms with van der Waals surface area (Å²) in [6, 6.07) is 9.07. The number of benzene rings is 1. The van der Waals surface area contributed by atoms with Crippen molar-refractivity contribution in [2.45, 2.75) is 31.3 Å². The van der Waals surface area contributed by atoms with Crippen LogP contribution < -0.4 is 15.5 Å². The van der Waals surface area contributed by atoms with Crippen molar-refractivity contribution in [3.05, 3.63) is 30.3 Å². The highest BCUT2D eigenvalue weighted by atomic mass is 35.5. The number of nitrogens with one attached hydrogen (secondary N) is 2. The van der Waals surface area contributed by atoms with Crippen LogP contribution in [0.5, 0.6) is 0 Å². The van der Waals surface area contributed by atoms with Crippen molar-refractivity contribution in [3.8, 4) is 0 Å². The van der Waals surface area contributed by atoms with Gasteiger partial charge in [-0.05, 0) is 37.9 Å². The first kappa shape index (κ1) is 15.8. The van der Waals surface area contributed by atoms with Gasteiger partial charge in [0.25, 0.3) is 0 Å². The minimum atomic E-state index is -0.384. The van der Waals surface area contributed by atoms with Crippen LogP contribution in [0.1, 0.15) is 19.3 Å². The van der Waals surface area contributed by atoms with E-state index in [1.165, 1.54) is 0 Å². The molecule has 21 heavy (non-hydrogen) atoms. The SMILES string of the molecule is Cl.O=C(NC1CCN(c2ccccc2)C1=O)C1CCCN1. The summed E-state index contributed by atoms with van der Waals surface area (Å²) in [6.45, 7) is 1.54. The molecule has 2 N–H and O–H groups in total. The van der Waals surface area contributed by atoms with Gasteiger partial charge in [-0.1, -0.05) is 18.2 Å². The molecule has 0 saturated carbocycles. The van der Waals surface area contributed by atoms with E-state index in [4.69, 9.17) is 0 Å². The van der Waals surface area contributed by atoms with Crippen LogP contribution in [-0.2, 0) is 9.59 Å². The molecule has 5 nitrogen and oxygen atoms in total. The molecule has 2 atom stereocenters. The van der Waals surface area contributed by atoms with Gasteiger partial charge in [0, 0.05) is 12.2 Å². The molecule has 0 aromatic heterocycles. The van der Waals surface area contributed by atoms with Gasteiger partial charge in [0.05, 0.1) is 6.04 Å². The quantitative estimate of drug-likeness (QED) is 0.878. The summed E-state index contributed by atoms with van der Waals surface area (Å²) >= 11 is 0. The van der Waals surface area contributed by atoms with Crippen LogP contribution in [0.15, 0.2) is 30.3 Å². The second-order valence-electron chi connectivity index (χ2n) is 5.32. The molecule has 3 rings (SSSR count). The first-order chi connectivity index (χ1) is 9.75. The molecular formula is C15H20ClN3O2.